The maximum Gasteiger partial charge on any atom is 0.222 e. The van der Waals surface area contributed by atoms with Gasteiger partial charge in [-0.3, -0.25) is 4.90 Å². The Bertz CT molecular complexity index is 460. The summed E-state index contributed by atoms with van der Waals surface area (Å²) in [5.74, 6) is 1.27. The van der Waals surface area contributed by atoms with Gasteiger partial charge in [-0.25, -0.2) is 4.98 Å². The van der Waals surface area contributed by atoms with Crippen molar-refractivity contribution in [2.24, 2.45) is 0 Å². The minimum Gasteiger partial charge on any atom is -0.379 e. The molecule has 2 rings (SSSR count). The number of aromatic nitrogens is 2. The largest absolute Gasteiger partial charge is 0.379 e. The van der Waals surface area contributed by atoms with Gasteiger partial charge in [0.15, 0.2) is 0 Å². The first-order valence-corrected chi connectivity index (χ1v) is 8.37. The van der Waals surface area contributed by atoms with Gasteiger partial charge in [0.05, 0.1) is 13.2 Å². The van der Waals surface area contributed by atoms with E-state index in [-0.39, 0.29) is 0 Å². The molecule has 22 heavy (non-hydrogen) atoms. The first kappa shape index (κ1) is 17.0. The van der Waals surface area contributed by atoms with Gasteiger partial charge in [0.2, 0.25) is 5.95 Å². The number of anilines is 2. The van der Waals surface area contributed by atoms with Crippen molar-refractivity contribution in [3.63, 3.8) is 0 Å². The molecule has 0 amide bonds. The number of nitrogens with two attached hydrogens (primary N) is 1. The van der Waals surface area contributed by atoms with Crippen LogP contribution in [0.15, 0.2) is 0 Å². The van der Waals surface area contributed by atoms with Gasteiger partial charge in [-0.15, -0.1) is 0 Å². The van der Waals surface area contributed by atoms with Gasteiger partial charge in [0.25, 0.3) is 0 Å². The highest BCUT2D eigenvalue weighted by Crippen LogP contribution is 2.19. The average molecular weight is 307 g/mol. The number of hydrogen-bond donors (Lipinski definition) is 2. The van der Waals surface area contributed by atoms with Crippen LogP contribution in [0.5, 0.6) is 0 Å². The minimum atomic E-state index is 0.355. The lowest BCUT2D eigenvalue weighted by Crippen LogP contribution is -2.37. The van der Waals surface area contributed by atoms with E-state index in [2.05, 4.69) is 27.1 Å². The molecule has 6 heteroatoms. The molecule has 0 aromatic carbocycles. The van der Waals surface area contributed by atoms with Crippen LogP contribution >= 0.6 is 0 Å². The van der Waals surface area contributed by atoms with Crippen LogP contribution in [0, 0.1) is 6.92 Å². The van der Waals surface area contributed by atoms with Crippen LogP contribution < -0.4 is 11.1 Å². The first-order valence-electron chi connectivity index (χ1n) is 8.37. The predicted molar refractivity (Wildman–Crippen MR) is 90.2 cm³/mol. The van der Waals surface area contributed by atoms with Gasteiger partial charge in [-0.05, 0) is 32.7 Å². The molecule has 2 heterocycles. The normalized spacial score (nSPS) is 15.9. The molecule has 1 aromatic heterocycles. The number of nitrogen functional groups attached to an aromatic ring is 1. The minimum absolute atomic E-state index is 0.355. The number of unbranched alkanes of at least 4 members (excludes halogenated alkanes) is 1. The molecule has 0 spiro atoms. The maximum absolute atomic E-state index is 5.79. The highest BCUT2D eigenvalue weighted by molar-refractivity contribution is 5.49. The van der Waals surface area contributed by atoms with E-state index in [0.29, 0.717) is 5.95 Å². The Balaban J connectivity index is 1.85. The quantitative estimate of drug-likeness (QED) is 0.714. The highest BCUT2D eigenvalue weighted by Gasteiger charge is 2.11. The molecule has 1 fully saturated rings. The van der Waals surface area contributed by atoms with Crippen molar-refractivity contribution >= 4 is 11.8 Å². The second kappa shape index (κ2) is 8.90. The van der Waals surface area contributed by atoms with E-state index >= 15 is 0 Å². The van der Waals surface area contributed by atoms with E-state index in [1.807, 2.05) is 6.92 Å². The summed E-state index contributed by atoms with van der Waals surface area (Å²) in [6, 6.07) is 0. The van der Waals surface area contributed by atoms with Crippen LogP contribution in [-0.2, 0) is 11.2 Å². The summed E-state index contributed by atoms with van der Waals surface area (Å²) >= 11 is 0. The molecule has 0 bridgehead atoms. The van der Waals surface area contributed by atoms with Gasteiger partial charge in [0, 0.05) is 30.9 Å². The second-order valence-electron chi connectivity index (χ2n) is 5.83. The molecule has 0 aliphatic carbocycles. The van der Waals surface area contributed by atoms with Gasteiger partial charge in [-0.1, -0.05) is 13.3 Å². The summed E-state index contributed by atoms with van der Waals surface area (Å²) in [7, 11) is 0. The SMILES string of the molecule is CCCCc1c(C)nc(N)nc1NCCCN1CCOCC1. The molecule has 0 radical (unpaired) electrons. The Morgan fingerprint density at radius 1 is 1.23 bits per heavy atom. The monoisotopic (exact) mass is 307 g/mol. The number of hydrogen-bond acceptors (Lipinski definition) is 6. The zero-order chi connectivity index (χ0) is 15.8. The lowest BCUT2D eigenvalue weighted by molar-refractivity contribution is 0.0378. The summed E-state index contributed by atoms with van der Waals surface area (Å²) in [5, 5.41) is 3.45. The fourth-order valence-electron chi connectivity index (χ4n) is 2.75. The van der Waals surface area contributed by atoms with Crippen molar-refractivity contribution in [1.29, 1.82) is 0 Å². The number of nitrogens with zero attached hydrogens (tertiary/aromatic N) is 3. The van der Waals surface area contributed by atoms with Gasteiger partial charge in [0.1, 0.15) is 5.82 Å². The molecule has 0 saturated carbocycles. The van der Waals surface area contributed by atoms with Crippen molar-refractivity contribution in [3.05, 3.63) is 11.3 Å². The molecule has 124 valence electrons. The summed E-state index contributed by atoms with van der Waals surface area (Å²) < 4.78 is 5.37. The molecule has 0 atom stereocenters. The van der Waals surface area contributed by atoms with Crippen molar-refractivity contribution in [2.45, 2.75) is 39.5 Å². The fourth-order valence-corrected chi connectivity index (χ4v) is 2.75. The zero-order valence-corrected chi connectivity index (χ0v) is 13.9. The summed E-state index contributed by atoms with van der Waals surface area (Å²) in [6.45, 7) is 10.0. The number of rotatable bonds is 8. The molecular weight excluding hydrogens is 278 g/mol. The molecule has 1 aliphatic rings. The molecule has 1 aromatic rings. The average Bonchev–Trinajstić information content (AvgIpc) is 2.51. The lowest BCUT2D eigenvalue weighted by Gasteiger charge is -2.26. The number of nitrogens with one attached hydrogen (secondary N) is 1. The molecule has 1 saturated heterocycles. The smallest absolute Gasteiger partial charge is 0.222 e. The third-order valence-electron chi connectivity index (χ3n) is 4.06. The van der Waals surface area contributed by atoms with Crippen molar-refractivity contribution in [2.75, 3.05) is 50.4 Å². The predicted octanol–water partition coefficient (Wildman–Crippen LogP) is 1.84. The lowest BCUT2D eigenvalue weighted by atomic mass is 10.1. The Hall–Kier alpha value is -1.40. The number of ether oxygens (including phenoxy) is 1. The van der Waals surface area contributed by atoms with Crippen LogP contribution in [0.4, 0.5) is 11.8 Å². The molecule has 6 nitrogen and oxygen atoms in total. The Kier molecular flexibility index (Phi) is 6.86. The van der Waals surface area contributed by atoms with Crippen LogP contribution in [0.1, 0.15) is 37.4 Å². The van der Waals surface area contributed by atoms with Crippen molar-refractivity contribution < 1.29 is 4.74 Å². The van der Waals surface area contributed by atoms with Gasteiger partial charge >= 0.3 is 0 Å². The van der Waals surface area contributed by atoms with E-state index in [1.165, 1.54) is 12.0 Å². The standard InChI is InChI=1S/C16H29N5O/c1-3-4-6-14-13(2)19-16(17)20-15(14)18-7-5-8-21-9-11-22-12-10-21/h3-12H2,1-2H3,(H3,17,18,19,20). The Labute approximate surface area is 133 Å². The van der Waals surface area contributed by atoms with E-state index in [1.54, 1.807) is 0 Å². The highest BCUT2D eigenvalue weighted by atomic mass is 16.5. The maximum atomic E-state index is 5.79. The Morgan fingerprint density at radius 2 is 2.00 bits per heavy atom. The van der Waals surface area contributed by atoms with Crippen LogP contribution in [0.2, 0.25) is 0 Å². The van der Waals surface area contributed by atoms with E-state index in [4.69, 9.17) is 10.5 Å². The van der Waals surface area contributed by atoms with Crippen molar-refractivity contribution in [1.82, 2.24) is 14.9 Å². The van der Waals surface area contributed by atoms with Gasteiger partial charge in [-0.2, -0.15) is 4.98 Å². The zero-order valence-electron chi connectivity index (χ0n) is 13.9. The van der Waals surface area contributed by atoms with E-state index < -0.39 is 0 Å². The second-order valence-corrected chi connectivity index (χ2v) is 5.83. The topological polar surface area (TPSA) is 76.3 Å². The third kappa shape index (κ3) is 5.10. The molecule has 3 N–H and O–H groups in total. The fraction of sp³-hybridized carbons (Fsp3) is 0.750. The van der Waals surface area contributed by atoms with Gasteiger partial charge < -0.3 is 15.8 Å². The summed E-state index contributed by atoms with van der Waals surface area (Å²) in [4.78, 5) is 11.1. The van der Waals surface area contributed by atoms with E-state index in [0.717, 1.165) is 70.2 Å². The van der Waals surface area contributed by atoms with Crippen molar-refractivity contribution in [3.8, 4) is 0 Å². The number of morpholine rings is 1. The Morgan fingerprint density at radius 3 is 2.73 bits per heavy atom. The molecule has 1 aliphatic heterocycles. The van der Waals surface area contributed by atoms with Crippen LogP contribution in [0.25, 0.3) is 0 Å². The third-order valence-corrected chi connectivity index (χ3v) is 4.06. The number of aryl methyl sites for hydroxylation is 1. The summed E-state index contributed by atoms with van der Waals surface area (Å²) in [6.07, 6.45) is 4.42. The summed E-state index contributed by atoms with van der Waals surface area (Å²) in [5.41, 5.74) is 8.00. The first-order chi connectivity index (χ1) is 10.7. The molecule has 0 unspecified atom stereocenters. The van der Waals surface area contributed by atoms with E-state index in [9.17, 15) is 0 Å². The van der Waals surface area contributed by atoms with Crippen LogP contribution in [0.3, 0.4) is 0 Å². The van der Waals surface area contributed by atoms with Crippen LogP contribution in [-0.4, -0.2) is 54.3 Å². The molecular formula is C16H29N5O.